The Morgan fingerprint density at radius 3 is 2.00 bits per heavy atom. The minimum absolute atomic E-state index is 0.0624. The molecule has 6 nitrogen and oxygen atoms in total. The standard InChI is InChI=1S/C22H23NO5/c1-22(2,3)20(25)28-19(24)12-23-21(26)27-13-18-16-10-6-4-8-14(16)15-9-5-7-11-17(15)18/h4-11,18H,12-13H2,1-3H3,(H,23,26). The SMILES string of the molecule is CC(C)(C)C(=O)OC(=O)CNC(=O)OCC1c2ccccc2-c2ccccc21. The highest BCUT2D eigenvalue weighted by molar-refractivity contribution is 5.90. The number of nitrogens with one attached hydrogen (secondary N) is 1. The van der Waals surface area contributed by atoms with E-state index in [1.54, 1.807) is 20.8 Å². The number of ether oxygens (including phenoxy) is 2. The molecular weight excluding hydrogens is 358 g/mol. The van der Waals surface area contributed by atoms with Gasteiger partial charge in [0.1, 0.15) is 13.2 Å². The van der Waals surface area contributed by atoms with Gasteiger partial charge >= 0.3 is 18.0 Å². The molecule has 0 fully saturated rings. The number of benzene rings is 2. The number of amides is 1. The van der Waals surface area contributed by atoms with Gasteiger partial charge in [0.15, 0.2) is 0 Å². The summed E-state index contributed by atoms with van der Waals surface area (Å²) in [5.41, 5.74) is 3.69. The zero-order valence-corrected chi connectivity index (χ0v) is 16.2. The van der Waals surface area contributed by atoms with Gasteiger partial charge < -0.3 is 14.8 Å². The van der Waals surface area contributed by atoms with Crippen LogP contribution in [0.15, 0.2) is 48.5 Å². The number of carbonyl (C=O) groups excluding carboxylic acids is 3. The molecule has 6 heteroatoms. The lowest BCUT2D eigenvalue weighted by Gasteiger charge is -2.16. The molecule has 0 atom stereocenters. The maximum atomic E-state index is 12.0. The molecule has 2 aromatic carbocycles. The predicted octanol–water partition coefficient (Wildman–Crippen LogP) is 3.64. The van der Waals surface area contributed by atoms with Crippen molar-refractivity contribution < 1.29 is 23.9 Å². The van der Waals surface area contributed by atoms with Crippen LogP contribution in [0.2, 0.25) is 0 Å². The summed E-state index contributed by atoms with van der Waals surface area (Å²) in [4.78, 5) is 35.3. The first-order chi connectivity index (χ1) is 13.3. The van der Waals surface area contributed by atoms with E-state index in [1.807, 2.05) is 36.4 Å². The molecule has 0 saturated carbocycles. The Labute approximate surface area is 163 Å². The van der Waals surface area contributed by atoms with Crippen LogP contribution in [-0.2, 0) is 19.1 Å². The number of alkyl carbamates (subject to hydrolysis) is 1. The minimum Gasteiger partial charge on any atom is -0.449 e. The molecule has 1 N–H and O–H groups in total. The Morgan fingerprint density at radius 2 is 1.46 bits per heavy atom. The van der Waals surface area contributed by atoms with Gasteiger partial charge in [0.25, 0.3) is 0 Å². The molecule has 146 valence electrons. The molecule has 1 aliphatic rings. The third-order valence-electron chi connectivity index (χ3n) is 4.54. The molecule has 0 radical (unpaired) electrons. The summed E-state index contributed by atoms with van der Waals surface area (Å²) in [6.45, 7) is 4.64. The number of hydrogen-bond donors (Lipinski definition) is 1. The van der Waals surface area contributed by atoms with Crippen LogP contribution in [0, 0.1) is 5.41 Å². The zero-order chi connectivity index (χ0) is 20.3. The topological polar surface area (TPSA) is 81.7 Å². The fraction of sp³-hybridized carbons (Fsp3) is 0.318. The molecular formula is C22H23NO5. The molecule has 0 heterocycles. The lowest BCUT2D eigenvalue weighted by Crippen LogP contribution is -2.35. The number of esters is 2. The van der Waals surface area contributed by atoms with Crippen molar-refractivity contribution in [2.75, 3.05) is 13.2 Å². The van der Waals surface area contributed by atoms with Crippen molar-refractivity contribution in [2.24, 2.45) is 5.41 Å². The van der Waals surface area contributed by atoms with Crippen LogP contribution >= 0.6 is 0 Å². The summed E-state index contributed by atoms with van der Waals surface area (Å²) >= 11 is 0. The van der Waals surface area contributed by atoms with Gasteiger partial charge in [0.2, 0.25) is 0 Å². The van der Waals surface area contributed by atoms with Gasteiger partial charge in [-0.05, 0) is 43.0 Å². The minimum atomic E-state index is -0.826. The van der Waals surface area contributed by atoms with Gasteiger partial charge in [-0.2, -0.15) is 0 Å². The Hall–Kier alpha value is -3.15. The Balaban J connectivity index is 1.55. The van der Waals surface area contributed by atoms with Crippen molar-refractivity contribution >= 4 is 18.0 Å². The average molecular weight is 381 g/mol. The van der Waals surface area contributed by atoms with Gasteiger partial charge in [-0.25, -0.2) is 9.59 Å². The van der Waals surface area contributed by atoms with Gasteiger partial charge in [-0.1, -0.05) is 48.5 Å². The van der Waals surface area contributed by atoms with Gasteiger partial charge in [0.05, 0.1) is 5.41 Å². The molecule has 0 aromatic heterocycles. The van der Waals surface area contributed by atoms with E-state index in [2.05, 4.69) is 22.2 Å². The van der Waals surface area contributed by atoms with Crippen molar-refractivity contribution in [2.45, 2.75) is 26.7 Å². The first kappa shape index (κ1) is 19.6. The molecule has 3 rings (SSSR count). The first-order valence-electron chi connectivity index (χ1n) is 9.11. The van der Waals surface area contributed by atoms with Crippen LogP contribution in [0.4, 0.5) is 4.79 Å². The fourth-order valence-electron chi connectivity index (χ4n) is 3.09. The van der Waals surface area contributed by atoms with Crippen LogP contribution in [0.3, 0.4) is 0 Å². The number of fused-ring (bicyclic) bond motifs is 3. The second-order valence-corrected chi connectivity index (χ2v) is 7.69. The van der Waals surface area contributed by atoms with Crippen LogP contribution in [0.5, 0.6) is 0 Å². The van der Waals surface area contributed by atoms with Crippen LogP contribution in [0.1, 0.15) is 37.8 Å². The molecule has 0 bridgehead atoms. The normalized spacial score (nSPS) is 12.7. The Kier molecular flexibility index (Phi) is 5.49. The van der Waals surface area contributed by atoms with Crippen LogP contribution < -0.4 is 5.32 Å². The van der Waals surface area contributed by atoms with Crippen LogP contribution in [-0.4, -0.2) is 31.2 Å². The predicted molar refractivity (Wildman–Crippen MR) is 104 cm³/mol. The highest BCUT2D eigenvalue weighted by Gasteiger charge is 2.29. The number of rotatable bonds is 4. The summed E-state index contributed by atoms with van der Waals surface area (Å²) in [6.07, 6.45) is -0.734. The Morgan fingerprint density at radius 1 is 0.929 bits per heavy atom. The Bertz CT molecular complexity index is 868. The molecule has 1 aliphatic carbocycles. The van der Waals surface area contributed by atoms with Crippen molar-refractivity contribution in [3.05, 3.63) is 59.7 Å². The summed E-state index contributed by atoms with van der Waals surface area (Å²) < 4.78 is 10.0. The van der Waals surface area contributed by atoms with Crippen molar-refractivity contribution in [3.63, 3.8) is 0 Å². The van der Waals surface area contributed by atoms with Crippen LogP contribution in [0.25, 0.3) is 11.1 Å². The summed E-state index contributed by atoms with van der Waals surface area (Å²) in [7, 11) is 0. The van der Waals surface area contributed by atoms with E-state index in [-0.39, 0.29) is 12.5 Å². The van der Waals surface area contributed by atoms with E-state index in [4.69, 9.17) is 4.74 Å². The van der Waals surface area contributed by atoms with E-state index in [0.29, 0.717) is 0 Å². The summed E-state index contributed by atoms with van der Waals surface area (Å²) in [5, 5.41) is 2.32. The molecule has 1 amide bonds. The second-order valence-electron chi connectivity index (χ2n) is 7.69. The number of carbonyl (C=O) groups is 3. The molecule has 0 spiro atoms. The maximum Gasteiger partial charge on any atom is 0.407 e. The van der Waals surface area contributed by atoms with E-state index in [9.17, 15) is 14.4 Å². The van der Waals surface area contributed by atoms with Crippen molar-refractivity contribution in [1.29, 1.82) is 0 Å². The first-order valence-corrected chi connectivity index (χ1v) is 9.11. The lowest BCUT2D eigenvalue weighted by molar-refractivity contribution is -0.165. The lowest BCUT2D eigenvalue weighted by atomic mass is 9.97. The third-order valence-corrected chi connectivity index (χ3v) is 4.54. The smallest absolute Gasteiger partial charge is 0.407 e. The van der Waals surface area contributed by atoms with Gasteiger partial charge in [-0.3, -0.25) is 4.79 Å². The third kappa shape index (κ3) is 4.22. The van der Waals surface area contributed by atoms with E-state index in [0.717, 1.165) is 22.3 Å². The zero-order valence-electron chi connectivity index (χ0n) is 16.2. The largest absolute Gasteiger partial charge is 0.449 e. The summed E-state index contributed by atoms with van der Waals surface area (Å²) in [6, 6.07) is 16.0. The number of hydrogen-bond acceptors (Lipinski definition) is 5. The fourth-order valence-corrected chi connectivity index (χ4v) is 3.09. The average Bonchev–Trinajstić information content (AvgIpc) is 2.98. The monoisotopic (exact) mass is 381 g/mol. The van der Waals surface area contributed by atoms with E-state index in [1.165, 1.54) is 0 Å². The molecule has 28 heavy (non-hydrogen) atoms. The second kappa shape index (κ2) is 7.84. The van der Waals surface area contributed by atoms with Crippen molar-refractivity contribution in [1.82, 2.24) is 5.32 Å². The molecule has 0 saturated heterocycles. The quantitative estimate of drug-likeness (QED) is 0.646. The van der Waals surface area contributed by atoms with Crippen molar-refractivity contribution in [3.8, 4) is 11.1 Å². The van der Waals surface area contributed by atoms with E-state index >= 15 is 0 Å². The summed E-state index contributed by atoms with van der Waals surface area (Å²) in [5.74, 6) is -1.53. The highest BCUT2D eigenvalue weighted by Crippen LogP contribution is 2.44. The maximum absolute atomic E-state index is 12.0. The molecule has 0 unspecified atom stereocenters. The molecule has 2 aromatic rings. The van der Waals surface area contributed by atoms with Gasteiger partial charge in [0, 0.05) is 5.92 Å². The van der Waals surface area contributed by atoms with Gasteiger partial charge in [-0.15, -0.1) is 0 Å². The molecule has 0 aliphatic heterocycles. The van der Waals surface area contributed by atoms with E-state index < -0.39 is 30.0 Å². The highest BCUT2D eigenvalue weighted by atomic mass is 16.6.